The summed E-state index contributed by atoms with van der Waals surface area (Å²) in [4.78, 5) is 0. The Morgan fingerprint density at radius 1 is 1.18 bits per heavy atom. The Bertz CT molecular complexity index is 654. The van der Waals surface area contributed by atoms with Gasteiger partial charge in [-0.3, -0.25) is 5.43 Å². The molecule has 0 atom stereocenters. The highest BCUT2D eigenvalue weighted by atomic mass is 19.1. The largest absolute Gasteiger partial charge is 0.493 e. The van der Waals surface area contributed by atoms with Crippen molar-refractivity contribution in [1.82, 2.24) is 0 Å². The van der Waals surface area contributed by atoms with Crippen molar-refractivity contribution in [1.29, 1.82) is 0 Å². The van der Waals surface area contributed by atoms with Gasteiger partial charge in [0, 0.05) is 0 Å². The summed E-state index contributed by atoms with van der Waals surface area (Å²) in [5.74, 6) is 0.980. The molecule has 0 aliphatic carbocycles. The first-order valence-electron chi connectivity index (χ1n) is 6.69. The molecule has 0 aromatic heterocycles. The van der Waals surface area contributed by atoms with Crippen LogP contribution in [0, 0.1) is 5.82 Å². The molecule has 0 bridgehead atoms. The van der Waals surface area contributed by atoms with Crippen LogP contribution in [0.25, 0.3) is 0 Å². The molecule has 0 radical (unpaired) electrons. The van der Waals surface area contributed by atoms with Crippen molar-refractivity contribution in [2.75, 3.05) is 19.1 Å². The number of rotatable bonds is 7. The van der Waals surface area contributed by atoms with Gasteiger partial charge in [0.25, 0.3) is 0 Å². The lowest BCUT2D eigenvalue weighted by molar-refractivity contribution is 0.326. The van der Waals surface area contributed by atoms with Crippen LogP contribution in [0.15, 0.2) is 60.2 Å². The van der Waals surface area contributed by atoms with Gasteiger partial charge in [-0.2, -0.15) is 5.10 Å². The molecule has 0 fully saturated rings. The second-order valence-corrected chi connectivity index (χ2v) is 4.39. The number of ether oxygens (including phenoxy) is 2. The first kappa shape index (κ1) is 15.6. The zero-order chi connectivity index (χ0) is 15.8. The van der Waals surface area contributed by atoms with Crippen LogP contribution in [-0.2, 0) is 0 Å². The van der Waals surface area contributed by atoms with Gasteiger partial charge in [0.1, 0.15) is 12.4 Å². The quantitative estimate of drug-likeness (QED) is 0.480. The molecular weight excluding hydrogens is 283 g/mol. The minimum atomic E-state index is -0.283. The van der Waals surface area contributed by atoms with Gasteiger partial charge in [0.2, 0.25) is 0 Å². The number of nitrogens with one attached hydrogen (secondary N) is 1. The lowest BCUT2D eigenvalue weighted by Gasteiger charge is -2.09. The Labute approximate surface area is 128 Å². The molecule has 0 saturated carbocycles. The number of anilines is 1. The third-order valence-electron chi connectivity index (χ3n) is 2.80. The van der Waals surface area contributed by atoms with Crippen molar-refractivity contribution < 1.29 is 13.9 Å². The third-order valence-corrected chi connectivity index (χ3v) is 2.80. The molecule has 5 heteroatoms. The summed E-state index contributed by atoms with van der Waals surface area (Å²) in [5.41, 5.74) is 4.37. The minimum absolute atomic E-state index is 0.283. The molecule has 0 heterocycles. The van der Waals surface area contributed by atoms with Gasteiger partial charge in [-0.15, -0.1) is 0 Å². The Balaban J connectivity index is 2.04. The van der Waals surface area contributed by atoms with E-state index in [4.69, 9.17) is 9.47 Å². The zero-order valence-corrected chi connectivity index (χ0v) is 12.3. The van der Waals surface area contributed by atoms with E-state index >= 15 is 0 Å². The van der Waals surface area contributed by atoms with E-state index in [1.54, 1.807) is 31.5 Å². The van der Waals surface area contributed by atoms with Gasteiger partial charge in [-0.05, 0) is 48.0 Å². The van der Waals surface area contributed by atoms with E-state index in [9.17, 15) is 4.39 Å². The van der Waals surface area contributed by atoms with Crippen LogP contribution in [-0.4, -0.2) is 19.9 Å². The predicted molar refractivity (Wildman–Crippen MR) is 86.3 cm³/mol. The Hall–Kier alpha value is -2.82. The molecule has 22 heavy (non-hydrogen) atoms. The van der Waals surface area contributed by atoms with Crippen LogP contribution in [0.2, 0.25) is 0 Å². The first-order chi connectivity index (χ1) is 10.7. The van der Waals surface area contributed by atoms with E-state index in [0.717, 1.165) is 5.56 Å². The average Bonchev–Trinajstić information content (AvgIpc) is 2.55. The summed E-state index contributed by atoms with van der Waals surface area (Å²) in [6.07, 6.45) is 3.31. The maximum absolute atomic E-state index is 12.8. The van der Waals surface area contributed by atoms with Gasteiger partial charge in [0.15, 0.2) is 11.5 Å². The molecule has 2 rings (SSSR count). The van der Waals surface area contributed by atoms with Crippen molar-refractivity contribution in [3.05, 3.63) is 66.5 Å². The second kappa shape index (κ2) is 7.83. The molecule has 0 unspecified atom stereocenters. The molecule has 2 aromatic rings. The van der Waals surface area contributed by atoms with Crippen molar-refractivity contribution in [2.45, 2.75) is 0 Å². The van der Waals surface area contributed by atoms with E-state index in [1.165, 1.54) is 12.1 Å². The van der Waals surface area contributed by atoms with E-state index in [-0.39, 0.29) is 5.82 Å². The van der Waals surface area contributed by atoms with Gasteiger partial charge < -0.3 is 9.47 Å². The number of hydrogen-bond donors (Lipinski definition) is 1. The highest BCUT2D eigenvalue weighted by Crippen LogP contribution is 2.27. The molecule has 4 nitrogen and oxygen atoms in total. The molecule has 0 spiro atoms. The average molecular weight is 300 g/mol. The standard InChI is InChI=1S/C17H17FN2O2/c1-3-10-22-16-9-4-13(11-17(16)21-2)12-19-20-15-7-5-14(18)6-8-15/h3-9,11-12,20H,1,10H2,2H3/b19-12-. The molecule has 0 amide bonds. The van der Waals surface area contributed by atoms with E-state index < -0.39 is 0 Å². The lowest BCUT2D eigenvalue weighted by atomic mass is 10.2. The highest BCUT2D eigenvalue weighted by Gasteiger charge is 2.04. The van der Waals surface area contributed by atoms with E-state index in [2.05, 4.69) is 17.1 Å². The number of hydrogen-bond acceptors (Lipinski definition) is 4. The predicted octanol–water partition coefficient (Wildman–Crippen LogP) is 3.85. The van der Waals surface area contributed by atoms with E-state index in [0.29, 0.717) is 23.8 Å². The fraction of sp³-hybridized carbons (Fsp3) is 0.118. The monoisotopic (exact) mass is 300 g/mol. The third kappa shape index (κ3) is 4.34. The number of halogens is 1. The van der Waals surface area contributed by atoms with Crippen molar-refractivity contribution in [2.24, 2.45) is 5.10 Å². The Morgan fingerprint density at radius 2 is 1.95 bits per heavy atom. The number of nitrogens with zero attached hydrogens (tertiary/aromatic N) is 1. The van der Waals surface area contributed by atoms with Crippen LogP contribution < -0.4 is 14.9 Å². The second-order valence-electron chi connectivity index (χ2n) is 4.39. The first-order valence-corrected chi connectivity index (χ1v) is 6.69. The normalized spacial score (nSPS) is 10.5. The molecule has 0 aliphatic rings. The van der Waals surface area contributed by atoms with Gasteiger partial charge in [-0.25, -0.2) is 4.39 Å². The summed E-state index contributed by atoms with van der Waals surface area (Å²) in [6.45, 7) is 4.02. The van der Waals surface area contributed by atoms with Gasteiger partial charge in [-0.1, -0.05) is 12.7 Å². The molecular formula is C17H17FN2O2. The number of hydrazone groups is 1. The van der Waals surface area contributed by atoms with Crippen LogP contribution in [0.1, 0.15) is 5.56 Å². The highest BCUT2D eigenvalue weighted by molar-refractivity contribution is 5.81. The lowest BCUT2D eigenvalue weighted by Crippen LogP contribution is -1.97. The molecule has 0 aliphatic heterocycles. The maximum atomic E-state index is 12.8. The van der Waals surface area contributed by atoms with Crippen LogP contribution in [0.4, 0.5) is 10.1 Å². The summed E-state index contributed by atoms with van der Waals surface area (Å²) >= 11 is 0. The van der Waals surface area contributed by atoms with Crippen LogP contribution in [0.5, 0.6) is 11.5 Å². The number of methoxy groups -OCH3 is 1. The topological polar surface area (TPSA) is 42.8 Å². The van der Waals surface area contributed by atoms with Gasteiger partial charge >= 0.3 is 0 Å². The smallest absolute Gasteiger partial charge is 0.161 e. The number of benzene rings is 2. The van der Waals surface area contributed by atoms with Crippen molar-refractivity contribution >= 4 is 11.9 Å². The van der Waals surface area contributed by atoms with E-state index in [1.807, 2.05) is 18.2 Å². The summed E-state index contributed by atoms with van der Waals surface area (Å²) < 4.78 is 23.5. The van der Waals surface area contributed by atoms with Crippen LogP contribution in [0.3, 0.4) is 0 Å². The Kier molecular flexibility index (Phi) is 5.54. The van der Waals surface area contributed by atoms with Crippen molar-refractivity contribution in [3.63, 3.8) is 0 Å². The van der Waals surface area contributed by atoms with Gasteiger partial charge in [0.05, 0.1) is 19.0 Å². The summed E-state index contributed by atoms with van der Waals surface area (Å²) in [5, 5.41) is 4.10. The fourth-order valence-corrected chi connectivity index (χ4v) is 1.74. The minimum Gasteiger partial charge on any atom is -0.493 e. The fourth-order valence-electron chi connectivity index (χ4n) is 1.74. The summed E-state index contributed by atoms with van der Waals surface area (Å²) in [6, 6.07) is 11.4. The molecule has 114 valence electrons. The maximum Gasteiger partial charge on any atom is 0.161 e. The zero-order valence-electron chi connectivity index (χ0n) is 12.3. The molecule has 1 N–H and O–H groups in total. The van der Waals surface area contributed by atoms with Crippen molar-refractivity contribution in [3.8, 4) is 11.5 Å². The Morgan fingerprint density at radius 3 is 2.64 bits per heavy atom. The summed E-state index contributed by atoms with van der Waals surface area (Å²) in [7, 11) is 1.58. The SMILES string of the molecule is C=CCOc1ccc(/C=N\Nc2ccc(F)cc2)cc1OC. The van der Waals surface area contributed by atoms with Crippen LogP contribution >= 0.6 is 0 Å². The molecule has 2 aromatic carbocycles. The molecule has 0 saturated heterocycles.